The Morgan fingerprint density at radius 2 is 2.04 bits per heavy atom. The second-order valence-corrected chi connectivity index (χ2v) is 6.32. The van der Waals surface area contributed by atoms with Gasteiger partial charge in [0.2, 0.25) is 5.91 Å². The second-order valence-electron chi connectivity index (χ2n) is 5.54. The number of rotatable bonds is 4. The molecule has 0 saturated carbocycles. The van der Waals surface area contributed by atoms with Crippen molar-refractivity contribution >= 4 is 29.3 Å². The molecule has 136 valence electrons. The summed E-state index contributed by atoms with van der Waals surface area (Å²) in [5.74, 6) is -2.58. The third-order valence-electron chi connectivity index (χ3n) is 4.02. The van der Waals surface area contributed by atoms with Gasteiger partial charge in [0.15, 0.2) is 10.9 Å². The molecule has 1 fully saturated rings. The van der Waals surface area contributed by atoms with Crippen molar-refractivity contribution in [1.82, 2.24) is 9.97 Å². The SMILES string of the molecule is COC(=O)c1nc(SC)ncc1-c1cc(F)c(N2CCCC2=O)cc1F. The van der Waals surface area contributed by atoms with Crippen molar-refractivity contribution in [3.05, 3.63) is 35.7 Å². The first-order valence-electron chi connectivity index (χ1n) is 7.75. The molecule has 2 heterocycles. The monoisotopic (exact) mass is 379 g/mol. The topological polar surface area (TPSA) is 72.4 Å². The summed E-state index contributed by atoms with van der Waals surface area (Å²) in [6.45, 7) is 0.341. The number of aromatic nitrogens is 2. The molecule has 1 amide bonds. The number of benzene rings is 1. The van der Waals surface area contributed by atoms with Gasteiger partial charge in [0.05, 0.1) is 12.8 Å². The van der Waals surface area contributed by atoms with E-state index in [4.69, 9.17) is 0 Å². The van der Waals surface area contributed by atoms with E-state index in [2.05, 4.69) is 14.7 Å². The maximum Gasteiger partial charge on any atom is 0.357 e. The summed E-state index contributed by atoms with van der Waals surface area (Å²) >= 11 is 1.20. The van der Waals surface area contributed by atoms with Crippen LogP contribution in [-0.2, 0) is 9.53 Å². The highest BCUT2D eigenvalue weighted by Crippen LogP contribution is 2.33. The number of hydrogen-bond acceptors (Lipinski definition) is 6. The van der Waals surface area contributed by atoms with Crippen molar-refractivity contribution < 1.29 is 23.1 Å². The first-order chi connectivity index (χ1) is 12.5. The van der Waals surface area contributed by atoms with Crippen LogP contribution in [0.2, 0.25) is 0 Å². The Labute approximate surface area is 152 Å². The lowest BCUT2D eigenvalue weighted by molar-refractivity contribution is -0.117. The molecule has 0 spiro atoms. The first-order valence-corrected chi connectivity index (χ1v) is 8.98. The molecule has 1 aromatic carbocycles. The third-order valence-corrected chi connectivity index (χ3v) is 4.58. The molecule has 0 unspecified atom stereocenters. The van der Waals surface area contributed by atoms with Crippen LogP contribution >= 0.6 is 11.8 Å². The van der Waals surface area contributed by atoms with Crippen molar-refractivity contribution in [3.8, 4) is 11.1 Å². The van der Waals surface area contributed by atoms with Crippen LogP contribution < -0.4 is 4.90 Å². The minimum Gasteiger partial charge on any atom is -0.464 e. The van der Waals surface area contributed by atoms with Crippen LogP contribution in [0.5, 0.6) is 0 Å². The molecule has 3 rings (SSSR count). The van der Waals surface area contributed by atoms with Crippen molar-refractivity contribution in [3.63, 3.8) is 0 Å². The number of hydrogen-bond donors (Lipinski definition) is 0. The van der Waals surface area contributed by atoms with Gasteiger partial charge in [-0.05, 0) is 18.7 Å². The molecule has 0 radical (unpaired) electrons. The summed E-state index contributed by atoms with van der Waals surface area (Å²) in [7, 11) is 1.17. The maximum atomic E-state index is 14.7. The zero-order chi connectivity index (χ0) is 18.8. The summed E-state index contributed by atoms with van der Waals surface area (Å²) in [6.07, 6.45) is 3.87. The van der Waals surface area contributed by atoms with E-state index in [1.54, 1.807) is 6.26 Å². The number of ether oxygens (including phenoxy) is 1. The molecule has 9 heteroatoms. The highest BCUT2D eigenvalue weighted by molar-refractivity contribution is 7.98. The fourth-order valence-corrected chi connectivity index (χ4v) is 3.11. The zero-order valence-electron chi connectivity index (χ0n) is 14.1. The number of thioether (sulfide) groups is 1. The largest absolute Gasteiger partial charge is 0.464 e. The van der Waals surface area contributed by atoms with E-state index in [-0.39, 0.29) is 28.4 Å². The fraction of sp³-hybridized carbons (Fsp3) is 0.294. The molecule has 1 aliphatic rings. The zero-order valence-corrected chi connectivity index (χ0v) is 14.9. The Balaban J connectivity index is 2.11. The van der Waals surface area contributed by atoms with Crippen molar-refractivity contribution in [2.24, 2.45) is 0 Å². The van der Waals surface area contributed by atoms with E-state index < -0.39 is 17.6 Å². The fourth-order valence-electron chi connectivity index (χ4n) is 2.77. The normalized spacial score (nSPS) is 14.0. The molecule has 1 saturated heterocycles. The van der Waals surface area contributed by atoms with Gasteiger partial charge in [0, 0.05) is 36.4 Å². The van der Waals surface area contributed by atoms with Gasteiger partial charge in [-0.25, -0.2) is 23.5 Å². The molecule has 0 atom stereocenters. The lowest BCUT2D eigenvalue weighted by atomic mass is 10.0. The Bertz CT molecular complexity index is 892. The van der Waals surface area contributed by atoms with Crippen LogP contribution in [0.3, 0.4) is 0 Å². The van der Waals surface area contributed by atoms with Gasteiger partial charge in [0.1, 0.15) is 11.6 Å². The summed E-state index contributed by atoms with van der Waals surface area (Å²) in [4.78, 5) is 33.1. The van der Waals surface area contributed by atoms with E-state index in [1.165, 1.54) is 30.0 Å². The predicted octanol–water partition coefficient (Wildman–Crippen LogP) is 3.06. The highest BCUT2D eigenvalue weighted by Gasteiger charge is 2.27. The predicted molar refractivity (Wildman–Crippen MR) is 92.1 cm³/mol. The average molecular weight is 379 g/mol. The maximum absolute atomic E-state index is 14.7. The molecular weight excluding hydrogens is 364 g/mol. The Morgan fingerprint density at radius 3 is 2.65 bits per heavy atom. The number of anilines is 1. The average Bonchev–Trinajstić information content (AvgIpc) is 3.07. The number of nitrogens with zero attached hydrogens (tertiary/aromatic N) is 3. The van der Waals surface area contributed by atoms with Crippen LogP contribution in [0.1, 0.15) is 23.3 Å². The van der Waals surface area contributed by atoms with Gasteiger partial charge < -0.3 is 9.64 Å². The van der Waals surface area contributed by atoms with E-state index in [9.17, 15) is 18.4 Å². The van der Waals surface area contributed by atoms with E-state index in [0.717, 1.165) is 12.1 Å². The van der Waals surface area contributed by atoms with Crippen LogP contribution in [0.25, 0.3) is 11.1 Å². The van der Waals surface area contributed by atoms with E-state index in [0.29, 0.717) is 24.5 Å². The summed E-state index contributed by atoms with van der Waals surface area (Å²) in [5.41, 5.74) is -0.429. The smallest absolute Gasteiger partial charge is 0.357 e. The molecule has 0 bridgehead atoms. The van der Waals surface area contributed by atoms with E-state index in [1.807, 2.05) is 0 Å². The van der Waals surface area contributed by atoms with Gasteiger partial charge in [-0.3, -0.25) is 4.79 Å². The number of esters is 1. The van der Waals surface area contributed by atoms with Crippen LogP contribution in [0.15, 0.2) is 23.5 Å². The van der Waals surface area contributed by atoms with Crippen LogP contribution in [-0.4, -0.2) is 41.8 Å². The summed E-state index contributed by atoms with van der Waals surface area (Å²) < 4.78 is 34.0. The Kier molecular flexibility index (Phi) is 5.17. The molecule has 6 nitrogen and oxygen atoms in total. The molecule has 1 aliphatic heterocycles. The number of methoxy groups -OCH3 is 1. The molecule has 1 aromatic heterocycles. The quantitative estimate of drug-likeness (QED) is 0.462. The number of amides is 1. The number of carbonyl (C=O) groups is 2. The lowest BCUT2D eigenvalue weighted by Crippen LogP contribution is -2.25. The second kappa shape index (κ2) is 7.36. The van der Waals surface area contributed by atoms with Crippen molar-refractivity contribution in [2.75, 3.05) is 24.8 Å². The van der Waals surface area contributed by atoms with Crippen molar-refractivity contribution in [1.29, 1.82) is 0 Å². The molecule has 26 heavy (non-hydrogen) atoms. The molecule has 0 N–H and O–H groups in total. The van der Waals surface area contributed by atoms with Gasteiger partial charge in [-0.1, -0.05) is 11.8 Å². The van der Waals surface area contributed by atoms with Crippen LogP contribution in [0.4, 0.5) is 14.5 Å². The first kappa shape index (κ1) is 18.2. The number of halogens is 2. The van der Waals surface area contributed by atoms with Gasteiger partial charge in [-0.15, -0.1) is 0 Å². The minimum atomic E-state index is -0.785. The molecular formula is C17H15F2N3O3S. The standard InChI is InChI=1S/C17H15F2N3O3S/c1-25-16(24)15-10(8-20-17(21-15)26-2)9-6-12(19)13(7-11(9)18)22-5-3-4-14(22)23/h6-8H,3-5H2,1-2H3. The lowest BCUT2D eigenvalue weighted by Gasteiger charge is -2.18. The third kappa shape index (κ3) is 3.26. The van der Waals surface area contributed by atoms with E-state index >= 15 is 0 Å². The van der Waals surface area contributed by atoms with Gasteiger partial charge >= 0.3 is 5.97 Å². The van der Waals surface area contributed by atoms with Crippen LogP contribution in [0, 0.1) is 11.6 Å². The summed E-state index contributed by atoms with van der Waals surface area (Å²) in [6, 6.07) is 1.90. The Hall–Kier alpha value is -2.55. The Morgan fingerprint density at radius 1 is 1.27 bits per heavy atom. The molecule has 2 aromatic rings. The van der Waals surface area contributed by atoms with Gasteiger partial charge in [0.25, 0.3) is 0 Å². The highest BCUT2D eigenvalue weighted by atomic mass is 32.2. The summed E-state index contributed by atoms with van der Waals surface area (Å²) in [5, 5.41) is 0.300. The van der Waals surface area contributed by atoms with Gasteiger partial charge in [-0.2, -0.15) is 0 Å². The number of carbonyl (C=O) groups excluding carboxylic acids is 2. The molecule has 0 aliphatic carbocycles. The minimum absolute atomic E-state index is 0.0188. The van der Waals surface area contributed by atoms with Crippen molar-refractivity contribution in [2.45, 2.75) is 18.0 Å².